The van der Waals surface area contributed by atoms with Crippen LogP contribution in [0.2, 0.25) is 0 Å². The van der Waals surface area contributed by atoms with Gasteiger partial charge >= 0.3 is 0 Å². The molecule has 29 heavy (non-hydrogen) atoms. The van der Waals surface area contributed by atoms with Crippen LogP contribution in [0.5, 0.6) is 17.2 Å². The fourth-order valence-electron chi connectivity index (χ4n) is 2.52. The molecule has 1 heterocycles. The Morgan fingerprint density at radius 2 is 1.69 bits per heavy atom. The molecular formula is C21H20N4O4. The average molecular weight is 392 g/mol. The topological polar surface area (TPSA) is 94.9 Å². The summed E-state index contributed by atoms with van der Waals surface area (Å²) in [4.78, 5) is 20.8. The number of carbonyl (C=O) groups is 1. The Kier molecular flexibility index (Phi) is 6.36. The Labute approximate surface area is 168 Å². The minimum Gasteiger partial charge on any atom is -0.497 e. The van der Waals surface area contributed by atoms with Crippen molar-refractivity contribution >= 4 is 12.1 Å². The molecule has 3 rings (SSSR count). The number of benzene rings is 2. The molecule has 0 aliphatic heterocycles. The maximum atomic E-state index is 12.4. The van der Waals surface area contributed by atoms with Crippen LogP contribution in [0, 0.1) is 0 Å². The third-order valence-corrected chi connectivity index (χ3v) is 4.06. The van der Waals surface area contributed by atoms with E-state index in [1.807, 2.05) is 24.3 Å². The summed E-state index contributed by atoms with van der Waals surface area (Å²) in [5.74, 6) is 1.49. The molecule has 8 heteroatoms. The Morgan fingerprint density at radius 1 is 0.966 bits per heavy atom. The van der Waals surface area contributed by atoms with E-state index in [1.165, 1.54) is 12.4 Å². The lowest BCUT2D eigenvalue weighted by atomic mass is 10.1. The van der Waals surface area contributed by atoms with Gasteiger partial charge in [0.25, 0.3) is 5.91 Å². The van der Waals surface area contributed by atoms with Crippen LogP contribution >= 0.6 is 0 Å². The second kappa shape index (κ2) is 9.32. The summed E-state index contributed by atoms with van der Waals surface area (Å²) in [6.45, 7) is 0. The lowest BCUT2D eigenvalue weighted by molar-refractivity contribution is 0.0950. The second-order valence-electron chi connectivity index (χ2n) is 5.83. The maximum Gasteiger partial charge on any atom is 0.291 e. The fourth-order valence-corrected chi connectivity index (χ4v) is 2.52. The van der Waals surface area contributed by atoms with Crippen molar-refractivity contribution in [2.45, 2.75) is 0 Å². The molecule has 0 bridgehead atoms. The van der Waals surface area contributed by atoms with Gasteiger partial charge in [-0.2, -0.15) is 5.10 Å². The molecule has 0 radical (unpaired) electrons. The number of carbonyl (C=O) groups excluding carboxylic acids is 1. The maximum absolute atomic E-state index is 12.4. The van der Waals surface area contributed by atoms with Crippen molar-refractivity contribution in [2.24, 2.45) is 5.10 Å². The number of hydrazone groups is 1. The molecule has 0 aliphatic rings. The predicted octanol–water partition coefficient (Wildman–Crippen LogP) is 2.93. The van der Waals surface area contributed by atoms with Crippen molar-refractivity contribution in [3.05, 3.63) is 66.1 Å². The normalized spacial score (nSPS) is 10.6. The standard InChI is InChI=1S/C21H20N4O4/c1-27-16-7-4-14(5-8-16)18-12-22-13-19(24-18)21(26)25-23-11-15-6-9-17(28-2)10-20(15)29-3/h4-13H,1-3H3,(H,25,26). The van der Waals surface area contributed by atoms with Gasteiger partial charge in [0.1, 0.15) is 22.9 Å². The van der Waals surface area contributed by atoms with Gasteiger partial charge in [0.15, 0.2) is 0 Å². The summed E-state index contributed by atoms with van der Waals surface area (Å²) >= 11 is 0. The number of nitrogens with zero attached hydrogens (tertiary/aromatic N) is 3. The number of ether oxygens (including phenoxy) is 3. The second-order valence-corrected chi connectivity index (χ2v) is 5.83. The van der Waals surface area contributed by atoms with E-state index in [4.69, 9.17) is 14.2 Å². The highest BCUT2D eigenvalue weighted by Gasteiger charge is 2.10. The first kappa shape index (κ1) is 19.8. The van der Waals surface area contributed by atoms with Crippen molar-refractivity contribution in [1.29, 1.82) is 0 Å². The zero-order chi connectivity index (χ0) is 20.6. The number of hydrogen-bond donors (Lipinski definition) is 1. The molecule has 0 atom stereocenters. The van der Waals surface area contributed by atoms with Crippen LogP contribution in [-0.2, 0) is 0 Å². The van der Waals surface area contributed by atoms with Crippen molar-refractivity contribution in [2.75, 3.05) is 21.3 Å². The van der Waals surface area contributed by atoms with E-state index in [2.05, 4.69) is 20.5 Å². The number of methoxy groups -OCH3 is 3. The molecule has 8 nitrogen and oxygen atoms in total. The van der Waals surface area contributed by atoms with E-state index in [1.54, 1.807) is 45.7 Å². The smallest absolute Gasteiger partial charge is 0.291 e. The largest absolute Gasteiger partial charge is 0.497 e. The molecule has 2 aromatic carbocycles. The highest BCUT2D eigenvalue weighted by molar-refractivity contribution is 5.93. The number of nitrogens with one attached hydrogen (secondary N) is 1. The van der Waals surface area contributed by atoms with Gasteiger partial charge in [0, 0.05) is 17.2 Å². The van der Waals surface area contributed by atoms with Gasteiger partial charge in [-0.25, -0.2) is 10.4 Å². The van der Waals surface area contributed by atoms with Crippen LogP contribution in [0.25, 0.3) is 11.3 Å². The molecule has 148 valence electrons. The quantitative estimate of drug-likeness (QED) is 0.491. The van der Waals surface area contributed by atoms with E-state index in [0.717, 1.165) is 11.3 Å². The van der Waals surface area contributed by atoms with Crippen LogP contribution in [0.1, 0.15) is 16.1 Å². The van der Waals surface area contributed by atoms with Gasteiger partial charge in [0.2, 0.25) is 0 Å². The number of aromatic nitrogens is 2. The van der Waals surface area contributed by atoms with E-state index in [-0.39, 0.29) is 5.69 Å². The van der Waals surface area contributed by atoms with Gasteiger partial charge < -0.3 is 14.2 Å². The fraction of sp³-hybridized carbons (Fsp3) is 0.143. The molecular weight excluding hydrogens is 372 g/mol. The molecule has 0 fully saturated rings. The van der Waals surface area contributed by atoms with E-state index in [0.29, 0.717) is 22.8 Å². The van der Waals surface area contributed by atoms with Gasteiger partial charge in [0.05, 0.1) is 45.6 Å². The highest BCUT2D eigenvalue weighted by atomic mass is 16.5. The minimum absolute atomic E-state index is 0.150. The number of rotatable bonds is 7. The molecule has 0 saturated carbocycles. The SMILES string of the molecule is COc1ccc(-c2cncc(C(=O)NN=Cc3ccc(OC)cc3OC)n2)cc1. The molecule has 0 unspecified atom stereocenters. The van der Waals surface area contributed by atoms with Gasteiger partial charge in [-0.15, -0.1) is 0 Å². The van der Waals surface area contributed by atoms with Gasteiger partial charge in [-0.1, -0.05) is 0 Å². The Balaban J connectivity index is 1.72. The molecule has 0 aliphatic carbocycles. The van der Waals surface area contributed by atoms with Crippen molar-refractivity contribution in [3.63, 3.8) is 0 Å². The van der Waals surface area contributed by atoms with E-state index < -0.39 is 5.91 Å². The van der Waals surface area contributed by atoms with Crippen LogP contribution < -0.4 is 19.6 Å². The highest BCUT2D eigenvalue weighted by Crippen LogP contribution is 2.23. The first-order valence-electron chi connectivity index (χ1n) is 8.66. The first-order chi connectivity index (χ1) is 14.1. The van der Waals surface area contributed by atoms with Crippen molar-refractivity contribution in [3.8, 4) is 28.5 Å². The molecule has 1 aromatic heterocycles. The summed E-state index contributed by atoms with van der Waals surface area (Å²) in [7, 11) is 4.72. The molecule has 1 amide bonds. The number of hydrogen-bond acceptors (Lipinski definition) is 7. The van der Waals surface area contributed by atoms with Gasteiger partial charge in [-0.05, 0) is 36.4 Å². The molecule has 0 spiro atoms. The molecule has 0 saturated heterocycles. The summed E-state index contributed by atoms with van der Waals surface area (Å²) in [5, 5.41) is 3.98. The lowest BCUT2D eigenvalue weighted by Gasteiger charge is -2.07. The van der Waals surface area contributed by atoms with Gasteiger partial charge in [-0.3, -0.25) is 9.78 Å². The third kappa shape index (κ3) is 4.86. The van der Waals surface area contributed by atoms with Crippen LogP contribution in [-0.4, -0.2) is 43.4 Å². The van der Waals surface area contributed by atoms with Crippen LogP contribution in [0.3, 0.4) is 0 Å². The number of amides is 1. The summed E-state index contributed by atoms with van der Waals surface area (Å²) in [6.07, 6.45) is 4.45. The first-order valence-corrected chi connectivity index (χ1v) is 8.66. The zero-order valence-electron chi connectivity index (χ0n) is 16.2. The zero-order valence-corrected chi connectivity index (χ0v) is 16.2. The summed E-state index contributed by atoms with van der Waals surface area (Å²) < 4.78 is 15.6. The van der Waals surface area contributed by atoms with Crippen LogP contribution in [0.4, 0.5) is 0 Å². The third-order valence-electron chi connectivity index (χ3n) is 4.06. The Bertz CT molecular complexity index is 1020. The summed E-state index contributed by atoms with van der Waals surface area (Å²) in [6, 6.07) is 12.6. The molecule has 1 N–H and O–H groups in total. The average Bonchev–Trinajstić information content (AvgIpc) is 2.79. The Morgan fingerprint density at radius 3 is 2.38 bits per heavy atom. The van der Waals surface area contributed by atoms with Crippen LogP contribution in [0.15, 0.2) is 60.0 Å². The lowest BCUT2D eigenvalue weighted by Crippen LogP contribution is -2.19. The monoisotopic (exact) mass is 392 g/mol. The van der Waals surface area contributed by atoms with Crippen molar-refractivity contribution < 1.29 is 19.0 Å². The van der Waals surface area contributed by atoms with Crippen molar-refractivity contribution in [1.82, 2.24) is 15.4 Å². The minimum atomic E-state index is -0.475. The molecule has 3 aromatic rings. The summed E-state index contributed by atoms with van der Waals surface area (Å²) in [5.41, 5.74) is 4.67. The Hall–Kier alpha value is -3.94. The van der Waals surface area contributed by atoms with E-state index >= 15 is 0 Å². The van der Waals surface area contributed by atoms with E-state index in [9.17, 15) is 4.79 Å². The predicted molar refractivity (Wildman–Crippen MR) is 109 cm³/mol.